The van der Waals surface area contributed by atoms with Gasteiger partial charge < -0.3 is 0 Å². The van der Waals surface area contributed by atoms with Crippen LogP contribution in [-0.4, -0.2) is 0 Å². The number of rotatable bonds is 0. The summed E-state index contributed by atoms with van der Waals surface area (Å²) in [5, 5.41) is 0. The molecule has 7 heavy (non-hydrogen) atoms. The molecule has 0 bridgehead atoms. The maximum atomic E-state index is 9.24. The van der Waals surface area contributed by atoms with Crippen LogP contribution in [0.1, 0.15) is 0 Å². The Morgan fingerprint density at radius 1 is 0.857 bits per heavy atom. The topological polar surface area (TPSA) is 85.3 Å². The van der Waals surface area contributed by atoms with Crippen LogP contribution in [0.3, 0.4) is 0 Å². The van der Waals surface area contributed by atoms with Crippen LogP contribution in [0.2, 0.25) is 0 Å². The minimum absolute atomic E-state index is 0.343. The molecule has 0 heterocycles. The molecule has 0 radical (unpaired) electrons. The first-order chi connectivity index (χ1) is 2.45. The van der Waals surface area contributed by atoms with Crippen LogP contribution in [0.5, 0.6) is 0 Å². The summed E-state index contributed by atoms with van der Waals surface area (Å²) in [7, 11) is 0. The van der Waals surface area contributed by atoms with Gasteiger partial charge in [0.25, 0.3) is 0 Å². The first-order valence-corrected chi connectivity index (χ1v) is 17.5. The van der Waals surface area contributed by atoms with Crippen molar-refractivity contribution in [2.45, 2.75) is 0 Å². The average Bonchev–Trinajstić information content (AvgIpc) is 0.592. The van der Waals surface area contributed by atoms with Gasteiger partial charge in [-0.05, 0) is 0 Å². The molecule has 0 aliphatic rings. The van der Waals surface area contributed by atoms with E-state index in [1.54, 1.807) is 0 Å². The van der Waals surface area contributed by atoms with Gasteiger partial charge in [0.15, 0.2) is 0 Å². The van der Waals surface area contributed by atoms with Crippen LogP contribution in [0.15, 0.2) is 0 Å². The standard InChI is InChI=1S/Ir.5O.Ta. The molecule has 0 amide bonds. The summed E-state index contributed by atoms with van der Waals surface area (Å²) in [5.74, 6) is 0. The quantitative estimate of drug-likeness (QED) is 0.490. The van der Waals surface area contributed by atoms with Gasteiger partial charge in [-0.25, -0.2) is 0 Å². The van der Waals surface area contributed by atoms with Crippen molar-refractivity contribution in [3.8, 4) is 0 Å². The zero-order valence-electron chi connectivity index (χ0n) is 2.82. The van der Waals surface area contributed by atoms with Gasteiger partial charge in [0, 0.05) is 0 Å². The molecule has 0 unspecified atom stereocenters. The minimum atomic E-state index is -8.60. The Labute approximate surface area is 43.5 Å². The van der Waals surface area contributed by atoms with Crippen molar-refractivity contribution in [2.24, 2.45) is 0 Å². The predicted octanol–water partition coefficient (Wildman–Crippen LogP) is -0.599. The summed E-state index contributed by atoms with van der Waals surface area (Å²) in [4.78, 5) is 0. The summed E-state index contributed by atoms with van der Waals surface area (Å²) in [5.41, 5.74) is 0. The Bertz CT molecular complexity index is 386. The summed E-state index contributed by atoms with van der Waals surface area (Å²) in [6.45, 7) is 0. The summed E-state index contributed by atoms with van der Waals surface area (Å²) < 4.78 is 46.2. The van der Waals surface area contributed by atoms with E-state index in [4.69, 9.17) is 0 Å². The van der Waals surface area contributed by atoms with Crippen molar-refractivity contribution in [1.82, 2.24) is 0 Å². The molecule has 0 saturated carbocycles. The molecular formula is IrO5Ta. The Hall–Kier alpha value is 0.390. The molecule has 7 heteroatoms. The molecule has 5 nitrogen and oxygen atoms in total. The number of hydrogen-bond donors (Lipinski definition) is 0. The molecule has 0 aromatic heterocycles. The third kappa shape index (κ3) is 811. The van der Waals surface area contributed by atoms with Gasteiger partial charge in [-0.3, -0.25) is 0 Å². The molecule has 0 N–H and O–H groups in total. The van der Waals surface area contributed by atoms with Crippen LogP contribution in [0.25, 0.3) is 0 Å². The predicted molar refractivity (Wildman–Crippen MR) is 3.43 cm³/mol. The molecule has 0 aliphatic carbocycles. The number of hydrogen-bond acceptors (Lipinski definition) is 5. The van der Waals surface area contributed by atoms with Crippen molar-refractivity contribution in [1.29, 1.82) is 0 Å². The van der Waals surface area contributed by atoms with Crippen molar-refractivity contribution in [3.63, 3.8) is 0 Å². The van der Waals surface area contributed by atoms with E-state index in [9.17, 15) is 16.3 Å². The molecule has 0 atom stereocenters. The first kappa shape index (κ1) is 7.39. The second kappa shape index (κ2) is 0.784. The Kier molecular flexibility index (Phi) is 0.827. The summed E-state index contributed by atoms with van der Waals surface area (Å²) in [6, 6.07) is 0. The van der Waals surface area contributed by atoms with Gasteiger partial charge in [-0.1, -0.05) is 0 Å². The van der Waals surface area contributed by atoms with Gasteiger partial charge in [-0.15, -0.1) is 0 Å². The van der Waals surface area contributed by atoms with Crippen LogP contribution < -0.4 is 0 Å². The molecule has 0 spiro atoms. The van der Waals surface area contributed by atoms with E-state index in [0.29, 0.717) is 0 Å². The molecular weight excluding hydrogens is 453 g/mol. The Balaban J connectivity index is 7.65. The Morgan fingerprint density at radius 3 is 0.857 bits per heavy atom. The fourth-order valence-electron chi connectivity index (χ4n) is 0. The van der Waals surface area contributed by atoms with Gasteiger partial charge in [0.1, 0.15) is 0 Å². The third-order valence-electron chi connectivity index (χ3n) is 0. The SMILES string of the molecule is [O]=[Ta](=[O])(=[O])(=[O])(=[O])[Ir]. The van der Waals surface area contributed by atoms with E-state index in [2.05, 4.69) is 0 Å². The van der Waals surface area contributed by atoms with Crippen LogP contribution >= 0.6 is 0 Å². The van der Waals surface area contributed by atoms with E-state index < -0.39 is 11.5 Å². The second-order valence-electron chi connectivity index (χ2n) is 1.05. The van der Waals surface area contributed by atoms with Gasteiger partial charge in [0.05, 0.1) is 0 Å². The van der Waals surface area contributed by atoms with Crippen molar-refractivity contribution >= 4 is 0 Å². The fourth-order valence-corrected chi connectivity index (χ4v) is 0. The third-order valence-corrected chi connectivity index (χ3v) is 0. The molecule has 44 valence electrons. The van der Waals surface area contributed by atoms with E-state index in [1.807, 2.05) is 0 Å². The van der Waals surface area contributed by atoms with Crippen molar-refractivity contribution in [2.75, 3.05) is 0 Å². The van der Waals surface area contributed by atoms with E-state index in [1.165, 1.54) is 0 Å². The average molecular weight is 453 g/mol. The molecule has 0 fully saturated rings. The van der Waals surface area contributed by atoms with Gasteiger partial charge in [-0.2, -0.15) is 0 Å². The van der Waals surface area contributed by atoms with E-state index >= 15 is 0 Å². The van der Waals surface area contributed by atoms with Crippen molar-refractivity contribution < 1.29 is 43.4 Å². The first-order valence-electron chi connectivity index (χ1n) is 1.06. The molecule has 0 aromatic rings. The van der Waals surface area contributed by atoms with Gasteiger partial charge >= 0.3 is 43.4 Å². The van der Waals surface area contributed by atoms with Crippen LogP contribution in [0.4, 0.5) is 0 Å². The van der Waals surface area contributed by atoms with Crippen LogP contribution in [-0.2, 0) is 43.4 Å². The van der Waals surface area contributed by atoms with Gasteiger partial charge in [0.2, 0.25) is 0 Å². The monoisotopic (exact) mass is 454 g/mol. The zero-order valence-corrected chi connectivity index (χ0v) is 8.43. The second-order valence-corrected chi connectivity index (χ2v) is 26.5. The molecule has 0 saturated heterocycles. The van der Waals surface area contributed by atoms with E-state index in [0.717, 1.165) is 0 Å². The fraction of sp³-hybridized carbons (Fsp3) is 0. The summed E-state index contributed by atoms with van der Waals surface area (Å²) in [6.07, 6.45) is 0. The van der Waals surface area contributed by atoms with Crippen LogP contribution in [0, 0.1) is 0 Å². The zero-order chi connectivity index (χ0) is 6.41. The Morgan fingerprint density at radius 2 is 0.857 bits per heavy atom. The maximum absolute atomic E-state index is 9.24. The molecule has 0 aromatic carbocycles. The van der Waals surface area contributed by atoms with Crippen molar-refractivity contribution in [3.05, 3.63) is 0 Å². The molecule has 0 aliphatic heterocycles. The normalized spacial score (nSPS) is 12.3. The molecule has 0 rings (SSSR count). The summed E-state index contributed by atoms with van der Waals surface area (Å²) >= 11 is -8.94. The van der Waals surface area contributed by atoms with E-state index in [-0.39, 0.29) is 15.7 Å².